The fourth-order valence-corrected chi connectivity index (χ4v) is 2.10. The molecule has 18 heavy (non-hydrogen) atoms. The molecule has 0 saturated carbocycles. The van der Waals surface area contributed by atoms with Crippen molar-refractivity contribution in [2.24, 2.45) is 0 Å². The smallest absolute Gasteiger partial charge is 0.185 e. The summed E-state index contributed by atoms with van der Waals surface area (Å²) in [5.41, 5.74) is 2.48. The van der Waals surface area contributed by atoms with Gasteiger partial charge in [0, 0.05) is 10.6 Å². The highest BCUT2D eigenvalue weighted by Crippen LogP contribution is 2.27. The molecule has 0 fully saturated rings. The molecule has 90 valence electrons. The van der Waals surface area contributed by atoms with E-state index in [2.05, 4.69) is 15.3 Å². The van der Waals surface area contributed by atoms with Gasteiger partial charge < -0.3 is 0 Å². The molecule has 0 bridgehead atoms. The van der Waals surface area contributed by atoms with Crippen LogP contribution in [0.1, 0.15) is 5.56 Å². The Kier molecular flexibility index (Phi) is 2.69. The van der Waals surface area contributed by atoms with Gasteiger partial charge in [-0.05, 0) is 30.7 Å². The maximum absolute atomic E-state index is 6.11. The fourth-order valence-electron chi connectivity index (χ4n) is 1.78. The Labute approximate surface area is 113 Å². The molecule has 0 aliphatic rings. The quantitative estimate of drug-likeness (QED) is 0.685. The number of nitrogens with zero attached hydrogens (tertiary/aromatic N) is 4. The summed E-state index contributed by atoms with van der Waals surface area (Å²) in [6, 6.07) is 9.09. The summed E-state index contributed by atoms with van der Waals surface area (Å²) in [5.74, 6) is 0.632. The lowest BCUT2D eigenvalue weighted by atomic mass is 10.1. The Hall–Kier alpha value is -1.65. The van der Waals surface area contributed by atoms with Crippen LogP contribution in [0, 0.1) is 6.92 Å². The van der Waals surface area contributed by atoms with E-state index in [4.69, 9.17) is 23.2 Å². The lowest BCUT2D eigenvalue weighted by molar-refractivity contribution is 0.935. The molecule has 0 spiro atoms. The number of aromatic nitrogens is 4. The molecule has 0 saturated heterocycles. The van der Waals surface area contributed by atoms with E-state index in [0.29, 0.717) is 21.6 Å². The first-order chi connectivity index (χ1) is 8.66. The van der Waals surface area contributed by atoms with E-state index < -0.39 is 0 Å². The number of hydrogen-bond acceptors (Lipinski definition) is 3. The number of rotatable bonds is 1. The van der Waals surface area contributed by atoms with Gasteiger partial charge in [-0.3, -0.25) is 0 Å². The number of benzene rings is 1. The molecular weight excluding hydrogens is 271 g/mol. The van der Waals surface area contributed by atoms with Crippen molar-refractivity contribution >= 4 is 28.8 Å². The normalized spacial score (nSPS) is 11.1. The largest absolute Gasteiger partial charge is 0.191 e. The third-order valence-electron chi connectivity index (χ3n) is 2.74. The first-order valence-corrected chi connectivity index (χ1v) is 6.06. The van der Waals surface area contributed by atoms with Crippen LogP contribution in [-0.2, 0) is 0 Å². The summed E-state index contributed by atoms with van der Waals surface area (Å²) in [5, 5.41) is 13.5. The Morgan fingerprint density at radius 3 is 2.72 bits per heavy atom. The van der Waals surface area contributed by atoms with E-state index in [1.807, 2.05) is 25.1 Å². The summed E-state index contributed by atoms with van der Waals surface area (Å²) in [6.07, 6.45) is 0. The van der Waals surface area contributed by atoms with Crippen molar-refractivity contribution in [3.05, 3.63) is 46.1 Å². The van der Waals surface area contributed by atoms with Gasteiger partial charge in [-0.1, -0.05) is 35.3 Å². The zero-order valence-corrected chi connectivity index (χ0v) is 10.9. The van der Waals surface area contributed by atoms with Gasteiger partial charge in [0.1, 0.15) is 5.15 Å². The van der Waals surface area contributed by atoms with Crippen molar-refractivity contribution in [2.45, 2.75) is 6.92 Å². The second kappa shape index (κ2) is 4.23. The number of fused-ring (bicyclic) bond motifs is 1. The fraction of sp³-hybridized carbons (Fsp3) is 0.0833. The lowest BCUT2D eigenvalue weighted by Gasteiger charge is -2.05. The van der Waals surface area contributed by atoms with Gasteiger partial charge >= 0.3 is 0 Å². The predicted octanol–water partition coefficient (Wildman–Crippen LogP) is 3.41. The minimum atomic E-state index is 0.392. The van der Waals surface area contributed by atoms with Crippen LogP contribution in [0.15, 0.2) is 30.3 Å². The molecule has 6 heteroatoms. The van der Waals surface area contributed by atoms with Gasteiger partial charge in [-0.15, -0.1) is 10.2 Å². The molecule has 3 aromatic rings. The highest BCUT2D eigenvalue weighted by molar-refractivity contribution is 6.31. The Morgan fingerprint density at radius 2 is 1.89 bits per heavy atom. The highest BCUT2D eigenvalue weighted by Gasteiger charge is 2.13. The van der Waals surface area contributed by atoms with Crippen molar-refractivity contribution in [2.75, 3.05) is 0 Å². The van der Waals surface area contributed by atoms with E-state index in [9.17, 15) is 0 Å². The summed E-state index contributed by atoms with van der Waals surface area (Å²) in [7, 11) is 0. The molecule has 2 aromatic heterocycles. The third-order valence-corrected chi connectivity index (χ3v) is 3.35. The van der Waals surface area contributed by atoms with Gasteiger partial charge in [0.2, 0.25) is 0 Å². The van der Waals surface area contributed by atoms with Crippen LogP contribution in [-0.4, -0.2) is 19.8 Å². The van der Waals surface area contributed by atoms with E-state index in [1.54, 1.807) is 16.6 Å². The Bertz CT molecular complexity index is 736. The minimum Gasteiger partial charge on any atom is -0.191 e. The summed E-state index contributed by atoms with van der Waals surface area (Å²) in [4.78, 5) is 0. The van der Waals surface area contributed by atoms with E-state index in [1.165, 1.54) is 0 Å². The highest BCUT2D eigenvalue weighted by atomic mass is 35.5. The monoisotopic (exact) mass is 278 g/mol. The second-order valence-corrected chi connectivity index (χ2v) is 4.66. The van der Waals surface area contributed by atoms with E-state index >= 15 is 0 Å². The SMILES string of the molecule is Cc1c(Cl)cccc1-c1nnc2ccc(Cl)nn12. The molecule has 0 unspecified atom stereocenters. The van der Waals surface area contributed by atoms with Crippen molar-refractivity contribution in [3.63, 3.8) is 0 Å². The Morgan fingerprint density at radius 1 is 1.06 bits per heavy atom. The van der Waals surface area contributed by atoms with Gasteiger partial charge in [0.25, 0.3) is 0 Å². The predicted molar refractivity (Wildman–Crippen MR) is 71.0 cm³/mol. The average Bonchev–Trinajstić information content (AvgIpc) is 2.75. The Balaban J connectivity index is 2.32. The lowest BCUT2D eigenvalue weighted by Crippen LogP contribution is -1.96. The van der Waals surface area contributed by atoms with E-state index in [0.717, 1.165) is 11.1 Å². The molecule has 0 N–H and O–H groups in total. The maximum Gasteiger partial charge on any atom is 0.185 e. The second-order valence-electron chi connectivity index (χ2n) is 3.86. The first kappa shape index (κ1) is 11.4. The van der Waals surface area contributed by atoms with Gasteiger partial charge in [-0.2, -0.15) is 9.61 Å². The average molecular weight is 279 g/mol. The molecule has 0 aliphatic heterocycles. The van der Waals surface area contributed by atoms with Crippen LogP contribution >= 0.6 is 23.2 Å². The van der Waals surface area contributed by atoms with Gasteiger partial charge in [0.15, 0.2) is 11.5 Å². The van der Waals surface area contributed by atoms with Crippen LogP contribution in [0.3, 0.4) is 0 Å². The minimum absolute atomic E-state index is 0.392. The van der Waals surface area contributed by atoms with Crippen molar-refractivity contribution < 1.29 is 0 Å². The number of hydrogen-bond donors (Lipinski definition) is 0. The molecule has 2 heterocycles. The van der Waals surface area contributed by atoms with Crippen LogP contribution in [0.25, 0.3) is 17.0 Å². The molecule has 1 aromatic carbocycles. The molecular formula is C12H8Cl2N4. The van der Waals surface area contributed by atoms with Crippen molar-refractivity contribution in [1.82, 2.24) is 19.8 Å². The molecule has 0 radical (unpaired) electrons. The maximum atomic E-state index is 6.11. The van der Waals surface area contributed by atoms with E-state index in [-0.39, 0.29) is 0 Å². The van der Waals surface area contributed by atoms with Crippen LogP contribution < -0.4 is 0 Å². The summed E-state index contributed by atoms with van der Waals surface area (Å²) < 4.78 is 1.61. The van der Waals surface area contributed by atoms with Gasteiger partial charge in [0.05, 0.1) is 0 Å². The molecule has 0 atom stereocenters. The number of halogens is 2. The molecule has 0 amide bonds. The first-order valence-electron chi connectivity index (χ1n) is 5.30. The van der Waals surface area contributed by atoms with Crippen molar-refractivity contribution in [3.8, 4) is 11.4 Å². The van der Waals surface area contributed by atoms with Crippen LogP contribution in [0.4, 0.5) is 0 Å². The topological polar surface area (TPSA) is 43.1 Å². The summed E-state index contributed by atoms with van der Waals surface area (Å²) in [6.45, 7) is 1.93. The molecule has 4 nitrogen and oxygen atoms in total. The molecule has 0 aliphatic carbocycles. The van der Waals surface area contributed by atoms with Crippen LogP contribution in [0.2, 0.25) is 10.2 Å². The summed E-state index contributed by atoms with van der Waals surface area (Å²) >= 11 is 12.0. The van der Waals surface area contributed by atoms with Crippen LogP contribution in [0.5, 0.6) is 0 Å². The zero-order valence-electron chi connectivity index (χ0n) is 9.43. The molecule has 3 rings (SSSR count). The third kappa shape index (κ3) is 1.74. The zero-order chi connectivity index (χ0) is 12.7. The van der Waals surface area contributed by atoms with Gasteiger partial charge in [-0.25, -0.2) is 0 Å². The van der Waals surface area contributed by atoms with Crippen molar-refractivity contribution in [1.29, 1.82) is 0 Å². The standard InChI is InChI=1S/C12H8Cl2N4/c1-7-8(3-2-4-9(7)13)12-16-15-11-6-5-10(14)17-18(11)12/h2-6H,1H3.